The van der Waals surface area contributed by atoms with Gasteiger partial charge < -0.3 is 10.1 Å². The van der Waals surface area contributed by atoms with Crippen molar-refractivity contribution < 1.29 is 14.3 Å². The predicted octanol–water partition coefficient (Wildman–Crippen LogP) is 3.59. The Labute approximate surface area is 175 Å². The number of carbonyl (C=O) groups excluding carboxylic acids is 2. The molecule has 0 aromatic heterocycles. The molecule has 0 aliphatic rings. The van der Waals surface area contributed by atoms with Crippen LogP contribution in [-0.4, -0.2) is 18.0 Å². The van der Waals surface area contributed by atoms with Gasteiger partial charge in [0.1, 0.15) is 12.4 Å². The number of hydrogen-bond acceptors (Lipinski definition) is 4. The van der Waals surface area contributed by atoms with Crippen LogP contribution in [0, 0.1) is 0 Å². The van der Waals surface area contributed by atoms with Crippen molar-refractivity contribution in [3.63, 3.8) is 0 Å². The lowest BCUT2D eigenvalue weighted by atomic mass is 10.1. The van der Waals surface area contributed by atoms with Crippen molar-refractivity contribution in [2.45, 2.75) is 19.6 Å². The van der Waals surface area contributed by atoms with Crippen molar-refractivity contribution in [2.24, 2.45) is 5.10 Å². The maximum atomic E-state index is 12.0. The highest BCUT2D eigenvalue weighted by Gasteiger charge is 2.16. The summed E-state index contributed by atoms with van der Waals surface area (Å²) in [5.74, 6) is -0.834. The second-order valence-electron chi connectivity index (χ2n) is 6.65. The van der Waals surface area contributed by atoms with E-state index in [2.05, 4.69) is 15.8 Å². The summed E-state index contributed by atoms with van der Waals surface area (Å²) in [6, 6.07) is 26.3. The van der Waals surface area contributed by atoms with E-state index in [1.807, 2.05) is 91.9 Å². The van der Waals surface area contributed by atoms with Crippen molar-refractivity contribution >= 4 is 18.0 Å². The van der Waals surface area contributed by atoms with Crippen molar-refractivity contribution in [3.05, 3.63) is 102 Å². The summed E-state index contributed by atoms with van der Waals surface area (Å²) in [4.78, 5) is 23.9. The van der Waals surface area contributed by atoms with Crippen LogP contribution in [-0.2, 0) is 16.2 Å². The molecule has 3 rings (SSSR count). The van der Waals surface area contributed by atoms with E-state index in [-0.39, 0.29) is 6.04 Å². The van der Waals surface area contributed by atoms with Gasteiger partial charge in [0.2, 0.25) is 0 Å². The van der Waals surface area contributed by atoms with Crippen LogP contribution in [0.2, 0.25) is 0 Å². The quantitative estimate of drug-likeness (QED) is 0.361. The molecule has 0 fully saturated rings. The Hall–Kier alpha value is -3.93. The van der Waals surface area contributed by atoms with Crippen LogP contribution >= 0.6 is 0 Å². The van der Waals surface area contributed by atoms with E-state index in [1.54, 1.807) is 0 Å². The molecule has 0 bridgehead atoms. The Balaban J connectivity index is 1.45. The van der Waals surface area contributed by atoms with Crippen LogP contribution in [0.5, 0.6) is 5.75 Å². The topological polar surface area (TPSA) is 79.8 Å². The number of nitrogens with zero attached hydrogens (tertiary/aromatic N) is 1. The van der Waals surface area contributed by atoms with E-state index >= 15 is 0 Å². The fourth-order valence-corrected chi connectivity index (χ4v) is 2.69. The number of ether oxygens (including phenoxy) is 1. The van der Waals surface area contributed by atoms with Crippen molar-refractivity contribution in [2.75, 3.05) is 0 Å². The summed E-state index contributed by atoms with van der Waals surface area (Å²) in [7, 11) is 0. The maximum Gasteiger partial charge on any atom is 0.329 e. The second kappa shape index (κ2) is 10.6. The van der Waals surface area contributed by atoms with Crippen molar-refractivity contribution in [1.29, 1.82) is 0 Å². The molecule has 3 aromatic carbocycles. The molecular formula is C24H23N3O3. The number of carbonyl (C=O) groups is 2. The molecule has 3 aromatic rings. The Kier molecular flexibility index (Phi) is 7.33. The second-order valence-corrected chi connectivity index (χ2v) is 6.65. The molecular weight excluding hydrogens is 378 g/mol. The molecule has 2 N–H and O–H groups in total. The Bertz CT molecular complexity index is 987. The van der Waals surface area contributed by atoms with Gasteiger partial charge in [0.25, 0.3) is 0 Å². The Morgan fingerprint density at radius 1 is 0.900 bits per heavy atom. The molecule has 6 nitrogen and oxygen atoms in total. The van der Waals surface area contributed by atoms with E-state index in [4.69, 9.17) is 4.74 Å². The summed E-state index contributed by atoms with van der Waals surface area (Å²) < 4.78 is 5.73. The summed E-state index contributed by atoms with van der Waals surface area (Å²) in [5.41, 5.74) is 5.00. The fourth-order valence-electron chi connectivity index (χ4n) is 2.69. The highest BCUT2D eigenvalue weighted by atomic mass is 16.5. The Morgan fingerprint density at radius 2 is 1.53 bits per heavy atom. The third-order valence-electron chi connectivity index (χ3n) is 4.36. The third-order valence-corrected chi connectivity index (χ3v) is 4.36. The predicted molar refractivity (Wildman–Crippen MR) is 116 cm³/mol. The minimum absolute atomic E-state index is 0.281. The largest absolute Gasteiger partial charge is 0.489 e. The van der Waals surface area contributed by atoms with Crippen molar-refractivity contribution in [3.8, 4) is 5.75 Å². The first-order valence-corrected chi connectivity index (χ1v) is 9.57. The zero-order valence-electron chi connectivity index (χ0n) is 16.6. The zero-order valence-corrected chi connectivity index (χ0v) is 16.6. The third kappa shape index (κ3) is 6.31. The first-order chi connectivity index (χ1) is 14.6. The first kappa shape index (κ1) is 20.8. The lowest BCUT2D eigenvalue weighted by molar-refractivity contribution is -0.139. The van der Waals surface area contributed by atoms with Gasteiger partial charge in [-0.1, -0.05) is 60.7 Å². The van der Waals surface area contributed by atoms with E-state index in [9.17, 15) is 9.59 Å². The molecule has 30 heavy (non-hydrogen) atoms. The standard InChI is InChI=1S/C24H23N3O3/c1-18(21-10-6-3-7-11-21)26-23(28)24(29)27-25-16-19-12-14-22(15-13-19)30-17-20-8-4-2-5-9-20/h2-16,18H,17H2,1H3,(H,26,28)(H,27,29)/t18-/m1/s1. The van der Waals surface area contributed by atoms with Gasteiger partial charge in [-0.2, -0.15) is 5.10 Å². The van der Waals surface area contributed by atoms with Crippen molar-refractivity contribution in [1.82, 2.24) is 10.7 Å². The molecule has 0 heterocycles. The minimum atomic E-state index is -0.822. The molecule has 0 spiro atoms. The van der Waals surface area contributed by atoms with E-state index < -0.39 is 11.8 Å². The van der Waals surface area contributed by atoms with Crippen LogP contribution in [0.1, 0.15) is 29.7 Å². The summed E-state index contributed by atoms with van der Waals surface area (Å²) in [6.07, 6.45) is 1.47. The number of amides is 2. The molecule has 0 unspecified atom stereocenters. The smallest absolute Gasteiger partial charge is 0.329 e. The molecule has 0 aliphatic heterocycles. The molecule has 2 amide bonds. The monoisotopic (exact) mass is 401 g/mol. The minimum Gasteiger partial charge on any atom is -0.489 e. The number of benzene rings is 3. The fraction of sp³-hybridized carbons (Fsp3) is 0.125. The summed E-state index contributed by atoms with van der Waals surface area (Å²) >= 11 is 0. The number of rotatable bonds is 7. The van der Waals surface area contributed by atoms with E-state index in [0.29, 0.717) is 6.61 Å². The van der Waals surface area contributed by atoms with Gasteiger partial charge in [0.15, 0.2) is 0 Å². The molecule has 6 heteroatoms. The first-order valence-electron chi connectivity index (χ1n) is 9.57. The lowest BCUT2D eigenvalue weighted by Crippen LogP contribution is -2.39. The van der Waals surface area contributed by atoms with Gasteiger partial charge in [0, 0.05) is 0 Å². The van der Waals surface area contributed by atoms with Crippen LogP contribution in [0.15, 0.2) is 90.0 Å². The van der Waals surface area contributed by atoms with Crippen LogP contribution in [0.25, 0.3) is 0 Å². The zero-order chi connectivity index (χ0) is 21.2. The molecule has 0 saturated heterocycles. The SMILES string of the molecule is C[C@@H](NC(=O)C(=O)NN=Cc1ccc(OCc2ccccc2)cc1)c1ccccc1. The highest BCUT2D eigenvalue weighted by molar-refractivity contribution is 6.35. The normalized spacial score (nSPS) is 11.6. The summed E-state index contributed by atoms with van der Waals surface area (Å²) in [5, 5.41) is 6.48. The number of hydrogen-bond donors (Lipinski definition) is 2. The maximum absolute atomic E-state index is 12.0. The van der Waals surface area contributed by atoms with Gasteiger partial charge in [-0.15, -0.1) is 0 Å². The van der Waals surface area contributed by atoms with Crippen LogP contribution < -0.4 is 15.5 Å². The number of nitrogens with one attached hydrogen (secondary N) is 2. The molecule has 0 saturated carbocycles. The average Bonchev–Trinajstić information content (AvgIpc) is 2.79. The molecule has 1 atom stereocenters. The van der Waals surface area contributed by atoms with Gasteiger partial charge >= 0.3 is 11.8 Å². The number of hydrazone groups is 1. The lowest BCUT2D eigenvalue weighted by Gasteiger charge is -2.13. The average molecular weight is 401 g/mol. The highest BCUT2D eigenvalue weighted by Crippen LogP contribution is 2.13. The van der Waals surface area contributed by atoms with Gasteiger partial charge in [0.05, 0.1) is 12.3 Å². The van der Waals surface area contributed by atoms with E-state index in [1.165, 1.54) is 6.21 Å². The Morgan fingerprint density at radius 3 is 2.20 bits per heavy atom. The molecule has 0 aliphatic carbocycles. The van der Waals surface area contributed by atoms with Gasteiger partial charge in [-0.25, -0.2) is 5.43 Å². The van der Waals surface area contributed by atoms with Gasteiger partial charge in [-0.3, -0.25) is 9.59 Å². The molecule has 152 valence electrons. The van der Waals surface area contributed by atoms with Gasteiger partial charge in [-0.05, 0) is 47.9 Å². The summed E-state index contributed by atoms with van der Waals surface area (Å²) in [6.45, 7) is 2.30. The van der Waals surface area contributed by atoms with E-state index in [0.717, 1.165) is 22.4 Å². The van der Waals surface area contributed by atoms with Crippen LogP contribution in [0.4, 0.5) is 0 Å². The molecule has 0 radical (unpaired) electrons. The van der Waals surface area contributed by atoms with Crippen LogP contribution in [0.3, 0.4) is 0 Å².